The molecule has 136 valence electrons. The van der Waals surface area contributed by atoms with Gasteiger partial charge in [0.15, 0.2) is 5.78 Å². The van der Waals surface area contributed by atoms with Crippen LogP contribution in [0.4, 0.5) is 14.7 Å². The molecular weight excluding hydrogens is 350 g/mol. The highest BCUT2D eigenvalue weighted by molar-refractivity contribution is 6.00. The van der Waals surface area contributed by atoms with Crippen molar-refractivity contribution in [2.24, 2.45) is 0 Å². The van der Waals surface area contributed by atoms with Crippen molar-refractivity contribution in [2.45, 2.75) is 25.7 Å². The van der Waals surface area contributed by atoms with E-state index in [9.17, 15) is 13.6 Å². The lowest BCUT2D eigenvalue weighted by molar-refractivity contribution is 0.0962. The highest BCUT2D eigenvalue weighted by atomic mass is 19.1. The Morgan fingerprint density at radius 3 is 2.67 bits per heavy atom. The second-order valence-electron chi connectivity index (χ2n) is 6.56. The number of anilines is 1. The number of Topliss-reactive ketones (excluding diaryl/α,β-unsaturated/α-hetero) is 1. The van der Waals surface area contributed by atoms with Crippen LogP contribution in [-0.4, -0.2) is 20.7 Å². The molecule has 2 N–H and O–H groups in total. The molecule has 0 fully saturated rings. The molecule has 7 heteroatoms. The molecule has 3 aromatic rings. The summed E-state index contributed by atoms with van der Waals surface area (Å²) < 4.78 is 28.9. The first-order valence-corrected chi connectivity index (χ1v) is 8.51. The van der Waals surface area contributed by atoms with E-state index >= 15 is 0 Å². The van der Waals surface area contributed by atoms with Gasteiger partial charge in [-0.15, -0.1) is 0 Å². The number of rotatable bonds is 2. The highest BCUT2D eigenvalue weighted by Gasteiger charge is 2.32. The molecule has 4 rings (SSSR count). The maximum absolute atomic E-state index is 14.7. The Kier molecular flexibility index (Phi) is 4.14. The fourth-order valence-corrected chi connectivity index (χ4v) is 3.76. The highest BCUT2D eigenvalue weighted by Crippen LogP contribution is 2.39. The summed E-state index contributed by atoms with van der Waals surface area (Å²) in [5.41, 5.74) is 8.04. The van der Waals surface area contributed by atoms with E-state index in [1.807, 2.05) is 0 Å². The van der Waals surface area contributed by atoms with E-state index < -0.39 is 11.8 Å². The Balaban J connectivity index is 1.85. The molecule has 2 aromatic heterocycles. The maximum Gasteiger partial charge on any atom is 0.220 e. The van der Waals surface area contributed by atoms with E-state index in [2.05, 4.69) is 15.0 Å². The van der Waals surface area contributed by atoms with E-state index in [1.54, 1.807) is 25.1 Å². The normalized spacial score (nSPS) is 16.3. The van der Waals surface area contributed by atoms with Crippen LogP contribution in [0.15, 0.2) is 36.5 Å². The van der Waals surface area contributed by atoms with Crippen molar-refractivity contribution < 1.29 is 13.6 Å². The zero-order valence-corrected chi connectivity index (χ0v) is 14.5. The molecule has 0 saturated carbocycles. The van der Waals surface area contributed by atoms with Crippen LogP contribution in [0.2, 0.25) is 0 Å². The first-order chi connectivity index (χ1) is 13.0. The largest absolute Gasteiger partial charge is 0.368 e. The number of aryl methyl sites for hydroxylation is 1. The van der Waals surface area contributed by atoms with Crippen LogP contribution < -0.4 is 5.73 Å². The molecule has 0 aliphatic heterocycles. The minimum absolute atomic E-state index is 0.0715. The smallest absolute Gasteiger partial charge is 0.220 e. The first-order valence-electron chi connectivity index (χ1n) is 8.51. The minimum atomic E-state index is -0.756. The number of aromatic nitrogens is 3. The predicted molar refractivity (Wildman–Crippen MR) is 96.2 cm³/mol. The molecular formula is C20H16F2N4O. The molecule has 0 saturated heterocycles. The minimum Gasteiger partial charge on any atom is -0.368 e. The van der Waals surface area contributed by atoms with Crippen LogP contribution >= 0.6 is 0 Å². The number of benzene rings is 1. The van der Waals surface area contributed by atoms with Gasteiger partial charge in [0.05, 0.1) is 17.0 Å². The van der Waals surface area contributed by atoms with Gasteiger partial charge in [0.25, 0.3) is 0 Å². The number of carbonyl (C=O) groups excluding carboxylic acids is 1. The molecule has 0 radical (unpaired) electrons. The monoisotopic (exact) mass is 366 g/mol. The van der Waals surface area contributed by atoms with Crippen molar-refractivity contribution in [3.8, 4) is 11.1 Å². The van der Waals surface area contributed by atoms with Crippen LogP contribution in [0.25, 0.3) is 11.1 Å². The zero-order chi connectivity index (χ0) is 19.1. The van der Waals surface area contributed by atoms with Gasteiger partial charge in [0.1, 0.15) is 5.82 Å². The number of pyridine rings is 1. The molecule has 5 nitrogen and oxygen atoms in total. The number of hydrogen-bond acceptors (Lipinski definition) is 5. The summed E-state index contributed by atoms with van der Waals surface area (Å²) >= 11 is 0. The summed E-state index contributed by atoms with van der Waals surface area (Å²) in [4.78, 5) is 24.6. The molecule has 1 aliphatic carbocycles. The molecule has 1 unspecified atom stereocenters. The number of carbonyl (C=O) groups is 1. The van der Waals surface area contributed by atoms with Gasteiger partial charge < -0.3 is 5.73 Å². The van der Waals surface area contributed by atoms with Gasteiger partial charge in [-0.1, -0.05) is 12.1 Å². The number of nitrogen functional groups attached to an aromatic ring is 1. The lowest BCUT2D eigenvalue weighted by Gasteiger charge is -2.26. The number of ketones is 1. The van der Waals surface area contributed by atoms with Gasteiger partial charge in [-0.2, -0.15) is 4.39 Å². The SMILES string of the molecule is Cc1nc(N)nc2c1C(=O)CC(c1cccc(F)c1-c1cccnc1F)C2. The summed E-state index contributed by atoms with van der Waals surface area (Å²) in [5.74, 6) is -1.69. The van der Waals surface area contributed by atoms with Crippen LogP contribution in [0.5, 0.6) is 0 Å². The van der Waals surface area contributed by atoms with Crippen molar-refractivity contribution >= 4 is 11.7 Å². The molecule has 1 atom stereocenters. The maximum atomic E-state index is 14.7. The Bertz CT molecular complexity index is 1070. The quantitative estimate of drug-likeness (QED) is 0.701. The van der Waals surface area contributed by atoms with Crippen molar-refractivity contribution in [3.63, 3.8) is 0 Å². The van der Waals surface area contributed by atoms with E-state index in [0.717, 1.165) is 0 Å². The molecule has 0 bridgehead atoms. The summed E-state index contributed by atoms with van der Waals surface area (Å²) in [5, 5.41) is 0. The number of fused-ring (bicyclic) bond motifs is 1. The van der Waals surface area contributed by atoms with Crippen LogP contribution in [0, 0.1) is 18.7 Å². The van der Waals surface area contributed by atoms with E-state index in [-0.39, 0.29) is 35.2 Å². The average molecular weight is 366 g/mol. The van der Waals surface area contributed by atoms with E-state index in [0.29, 0.717) is 28.9 Å². The average Bonchev–Trinajstić information content (AvgIpc) is 2.61. The van der Waals surface area contributed by atoms with Gasteiger partial charge in [-0.05, 0) is 43.0 Å². The third kappa shape index (κ3) is 2.95. The lowest BCUT2D eigenvalue weighted by Crippen LogP contribution is -2.23. The second kappa shape index (κ2) is 6.50. The summed E-state index contributed by atoms with van der Waals surface area (Å²) in [6, 6.07) is 7.57. The number of nitrogens with two attached hydrogens (primary N) is 1. The van der Waals surface area contributed by atoms with Crippen LogP contribution in [-0.2, 0) is 6.42 Å². The van der Waals surface area contributed by atoms with Crippen molar-refractivity contribution in [1.29, 1.82) is 0 Å². The Labute approximate surface area is 154 Å². The molecule has 1 aromatic carbocycles. The van der Waals surface area contributed by atoms with Gasteiger partial charge in [0.2, 0.25) is 11.9 Å². The molecule has 27 heavy (non-hydrogen) atoms. The van der Waals surface area contributed by atoms with Crippen molar-refractivity contribution in [3.05, 3.63) is 70.8 Å². The van der Waals surface area contributed by atoms with Crippen LogP contribution in [0.3, 0.4) is 0 Å². The standard InChI is InChI=1S/C20H16F2N4O/c1-10-17-15(26-20(23)25-10)8-11(9-16(17)27)12-4-2-6-14(21)18(12)13-5-3-7-24-19(13)22/h2-7,11H,8-9H2,1H3,(H2,23,25,26). The number of nitrogens with zero attached hydrogens (tertiary/aromatic N) is 3. The zero-order valence-electron chi connectivity index (χ0n) is 14.5. The lowest BCUT2D eigenvalue weighted by atomic mass is 9.78. The Hall–Kier alpha value is -3.22. The molecule has 0 amide bonds. The fraction of sp³-hybridized carbons (Fsp3) is 0.200. The molecule has 0 spiro atoms. The summed E-state index contributed by atoms with van der Waals surface area (Å²) in [6.07, 6.45) is 1.87. The summed E-state index contributed by atoms with van der Waals surface area (Å²) in [7, 11) is 0. The van der Waals surface area contributed by atoms with Gasteiger partial charge >= 0.3 is 0 Å². The Morgan fingerprint density at radius 1 is 1.07 bits per heavy atom. The Morgan fingerprint density at radius 2 is 1.89 bits per heavy atom. The van der Waals surface area contributed by atoms with E-state index in [4.69, 9.17) is 5.73 Å². The topological polar surface area (TPSA) is 81.8 Å². The number of halogens is 2. The third-order valence-corrected chi connectivity index (χ3v) is 4.85. The fourth-order valence-electron chi connectivity index (χ4n) is 3.76. The van der Waals surface area contributed by atoms with Gasteiger partial charge in [-0.25, -0.2) is 19.3 Å². The first kappa shape index (κ1) is 17.2. The molecule has 1 aliphatic rings. The number of hydrogen-bond donors (Lipinski definition) is 1. The predicted octanol–water partition coefficient (Wildman–Crippen LogP) is 3.62. The molecule has 2 heterocycles. The van der Waals surface area contributed by atoms with Crippen LogP contribution in [0.1, 0.15) is 39.6 Å². The van der Waals surface area contributed by atoms with Gasteiger partial charge in [0, 0.05) is 23.7 Å². The van der Waals surface area contributed by atoms with Gasteiger partial charge in [-0.3, -0.25) is 4.79 Å². The van der Waals surface area contributed by atoms with Crippen molar-refractivity contribution in [1.82, 2.24) is 15.0 Å². The second-order valence-corrected chi connectivity index (χ2v) is 6.56. The van der Waals surface area contributed by atoms with E-state index in [1.165, 1.54) is 18.3 Å². The van der Waals surface area contributed by atoms with Crippen molar-refractivity contribution in [2.75, 3.05) is 5.73 Å². The third-order valence-electron chi connectivity index (χ3n) is 4.85. The summed E-state index contributed by atoms with van der Waals surface area (Å²) in [6.45, 7) is 1.72.